The van der Waals surface area contributed by atoms with Crippen LogP contribution in [0.3, 0.4) is 0 Å². The summed E-state index contributed by atoms with van der Waals surface area (Å²) >= 11 is 1.41. The number of ether oxygens (including phenoxy) is 2. The number of hydrogen-bond acceptors (Lipinski definition) is 6. The molecule has 3 N–H and O–H groups in total. The number of hydrogen-bond donors (Lipinski definition) is 2. The molecule has 5 nitrogen and oxygen atoms in total. The molecule has 0 saturated heterocycles. The third-order valence-electron chi connectivity index (χ3n) is 2.52. The summed E-state index contributed by atoms with van der Waals surface area (Å²) in [4.78, 5) is 4.15. The number of fused-ring (bicyclic) bond motifs is 1. The fraction of sp³-hybridized carbons (Fsp3) is 0.250. The summed E-state index contributed by atoms with van der Waals surface area (Å²) in [6, 6.07) is 5.75. The van der Waals surface area contributed by atoms with Gasteiger partial charge >= 0.3 is 0 Å². The Morgan fingerprint density at radius 1 is 1.22 bits per heavy atom. The van der Waals surface area contributed by atoms with Crippen LogP contribution in [-0.2, 0) is 0 Å². The minimum atomic E-state index is 0.681. The van der Waals surface area contributed by atoms with Crippen LogP contribution in [0.15, 0.2) is 24.4 Å². The number of nitrogen functional groups attached to an aromatic ring is 1. The van der Waals surface area contributed by atoms with Crippen molar-refractivity contribution in [2.75, 3.05) is 24.3 Å². The monoisotopic (exact) mass is 263 g/mol. The summed E-state index contributed by atoms with van der Waals surface area (Å²) in [7, 11) is 0. The molecule has 3 rings (SSSR count). The lowest BCUT2D eigenvalue weighted by atomic mass is 10.3. The first-order valence-electron chi connectivity index (χ1n) is 5.69. The van der Waals surface area contributed by atoms with Crippen LogP contribution in [0.5, 0.6) is 11.5 Å². The number of nitrogens with zero attached hydrogens (tertiary/aromatic N) is 1. The highest BCUT2D eigenvalue weighted by molar-refractivity contribution is 7.19. The second kappa shape index (κ2) is 4.73. The lowest BCUT2D eigenvalue weighted by Gasteiger charge is -2.09. The van der Waals surface area contributed by atoms with E-state index in [1.54, 1.807) is 6.20 Å². The molecule has 94 valence electrons. The van der Waals surface area contributed by atoms with Gasteiger partial charge in [0.05, 0.1) is 19.4 Å². The predicted octanol–water partition coefficient (Wildman–Crippen LogP) is 2.63. The number of aromatic nitrogens is 1. The van der Waals surface area contributed by atoms with E-state index in [-0.39, 0.29) is 0 Å². The number of anilines is 3. The van der Waals surface area contributed by atoms with E-state index in [4.69, 9.17) is 15.2 Å². The first-order chi connectivity index (χ1) is 8.81. The molecule has 1 aromatic heterocycles. The second-order valence-corrected chi connectivity index (χ2v) is 4.97. The zero-order valence-corrected chi connectivity index (χ0v) is 10.5. The number of nitrogens with one attached hydrogen (secondary N) is 1. The van der Waals surface area contributed by atoms with E-state index in [9.17, 15) is 0 Å². The van der Waals surface area contributed by atoms with Gasteiger partial charge in [-0.15, -0.1) is 0 Å². The Morgan fingerprint density at radius 2 is 2.06 bits per heavy atom. The fourth-order valence-electron chi connectivity index (χ4n) is 1.71. The summed E-state index contributed by atoms with van der Waals surface area (Å²) in [5, 5.41) is 4.64. The Hall–Kier alpha value is -1.95. The van der Waals surface area contributed by atoms with Crippen molar-refractivity contribution in [2.24, 2.45) is 0 Å². The van der Waals surface area contributed by atoms with Crippen LogP contribution in [0.4, 0.5) is 15.8 Å². The second-order valence-electron chi connectivity index (χ2n) is 3.90. The van der Waals surface area contributed by atoms with Gasteiger partial charge in [-0.25, -0.2) is 4.98 Å². The molecule has 1 aliphatic rings. The lowest BCUT2D eigenvalue weighted by molar-refractivity contribution is 0.297. The van der Waals surface area contributed by atoms with E-state index in [1.165, 1.54) is 11.3 Å². The van der Waals surface area contributed by atoms with E-state index < -0.39 is 0 Å². The highest BCUT2D eigenvalue weighted by atomic mass is 32.1. The van der Waals surface area contributed by atoms with E-state index >= 15 is 0 Å². The molecular weight excluding hydrogens is 250 g/mol. The summed E-state index contributed by atoms with van der Waals surface area (Å²) in [6.45, 7) is 1.38. The SMILES string of the molecule is Nc1cnc(Nc2ccc3c(c2)OCCCO3)s1. The fourth-order valence-corrected chi connectivity index (χ4v) is 2.31. The van der Waals surface area contributed by atoms with Crippen LogP contribution >= 0.6 is 11.3 Å². The molecule has 0 radical (unpaired) electrons. The van der Waals surface area contributed by atoms with Crippen molar-refractivity contribution in [3.8, 4) is 11.5 Å². The van der Waals surface area contributed by atoms with Crippen molar-refractivity contribution in [1.29, 1.82) is 0 Å². The van der Waals surface area contributed by atoms with E-state index in [2.05, 4.69) is 10.3 Å². The largest absolute Gasteiger partial charge is 0.490 e. The van der Waals surface area contributed by atoms with Crippen LogP contribution in [-0.4, -0.2) is 18.2 Å². The molecule has 0 spiro atoms. The first-order valence-corrected chi connectivity index (χ1v) is 6.51. The third kappa shape index (κ3) is 2.33. The molecule has 0 amide bonds. The van der Waals surface area contributed by atoms with Crippen molar-refractivity contribution in [2.45, 2.75) is 6.42 Å². The molecule has 1 aromatic carbocycles. The lowest BCUT2D eigenvalue weighted by Crippen LogP contribution is -1.97. The van der Waals surface area contributed by atoms with E-state index in [0.29, 0.717) is 18.2 Å². The van der Waals surface area contributed by atoms with Crippen LogP contribution in [0.1, 0.15) is 6.42 Å². The van der Waals surface area contributed by atoms with Gasteiger partial charge in [0.15, 0.2) is 16.6 Å². The highest BCUT2D eigenvalue weighted by Crippen LogP contribution is 2.34. The molecule has 0 atom stereocenters. The summed E-state index contributed by atoms with van der Waals surface area (Å²) in [6.07, 6.45) is 2.54. The minimum absolute atomic E-state index is 0.681. The van der Waals surface area contributed by atoms with Gasteiger partial charge in [0.2, 0.25) is 0 Å². The molecular formula is C12H13N3O2S. The molecule has 0 aliphatic carbocycles. The first kappa shape index (κ1) is 11.2. The van der Waals surface area contributed by atoms with Crippen LogP contribution in [0, 0.1) is 0 Å². The minimum Gasteiger partial charge on any atom is -0.490 e. The molecule has 2 heterocycles. The highest BCUT2D eigenvalue weighted by Gasteiger charge is 2.11. The Kier molecular flexibility index (Phi) is 2.93. The van der Waals surface area contributed by atoms with E-state index in [0.717, 1.165) is 28.7 Å². The third-order valence-corrected chi connectivity index (χ3v) is 3.26. The van der Waals surface area contributed by atoms with Crippen LogP contribution < -0.4 is 20.5 Å². The van der Waals surface area contributed by atoms with Gasteiger partial charge in [-0.1, -0.05) is 11.3 Å². The standard InChI is InChI=1S/C12H13N3O2S/c13-11-7-14-12(18-11)15-8-2-3-9-10(6-8)17-5-1-4-16-9/h2-3,6-7H,1,4-5,13H2,(H,14,15). The summed E-state index contributed by atoms with van der Waals surface area (Å²) < 4.78 is 11.2. The maximum atomic E-state index is 5.64. The number of nitrogens with two attached hydrogens (primary N) is 1. The molecule has 18 heavy (non-hydrogen) atoms. The van der Waals surface area contributed by atoms with Gasteiger partial charge < -0.3 is 20.5 Å². The number of thiazole rings is 1. The molecule has 0 unspecified atom stereocenters. The van der Waals surface area contributed by atoms with Crippen molar-refractivity contribution < 1.29 is 9.47 Å². The molecule has 1 aliphatic heterocycles. The van der Waals surface area contributed by atoms with Crippen molar-refractivity contribution in [3.05, 3.63) is 24.4 Å². The van der Waals surface area contributed by atoms with Crippen molar-refractivity contribution in [1.82, 2.24) is 4.98 Å². The van der Waals surface area contributed by atoms with Crippen LogP contribution in [0.2, 0.25) is 0 Å². The van der Waals surface area contributed by atoms with Gasteiger partial charge in [-0.2, -0.15) is 0 Å². The Labute approximate surface area is 109 Å². The molecule has 0 bridgehead atoms. The van der Waals surface area contributed by atoms with Gasteiger partial charge in [0, 0.05) is 18.2 Å². The Bertz CT molecular complexity index is 556. The average Bonchev–Trinajstić information content (AvgIpc) is 2.64. The van der Waals surface area contributed by atoms with Crippen LogP contribution in [0.25, 0.3) is 0 Å². The average molecular weight is 263 g/mol. The Morgan fingerprint density at radius 3 is 2.83 bits per heavy atom. The smallest absolute Gasteiger partial charge is 0.189 e. The molecule has 0 saturated carbocycles. The maximum Gasteiger partial charge on any atom is 0.189 e. The van der Waals surface area contributed by atoms with Crippen molar-refractivity contribution in [3.63, 3.8) is 0 Å². The van der Waals surface area contributed by atoms with Gasteiger partial charge in [0.25, 0.3) is 0 Å². The topological polar surface area (TPSA) is 69.4 Å². The molecule has 0 fully saturated rings. The summed E-state index contributed by atoms with van der Waals surface area (Å²) in [5.41, 5.74) is 6.55. The molecule has 2 aromatic rings. The van der Waals surface area contributed by atoms with Gasteiger partial charge in [-0.3, -0.25) is 0 Å². The quantitative estimate of drug-likeness (QED) is 0.871. The number of benzene rings is 1. The van der Waals surface area contributed by atoms with E-state index in [1.807, 2.05) is 18.2 Å². The van der Waals surface area contributed by atoms with Gasteiger partial charge in [-0.05, 0) is 12.1 Å². The summed E-state index contributed by atoms with van der Waals surface area (Å²) in [5.74, 6) is 1.55. The normalized spacial score (nSPS) is 14.0. The maximum absolute atomic E-state index is 5.64. The zero-order valence-electron chi connectivity index (χ0n) is 9.68. The Balaban J connectivity index is 1.83. The van der Waals surface area contributed by atoms with Gasteiger partial charge in [0.1, 0.15) is 5.00 Å². The zero-order chi connectivity index (χ0) is 12.4. The number of rotatable bonds is 2. The predicted molar refractivity (Wildman–Crippen MR) is 71.9 cm³/mol. The van der Waals surface area contributed by atoms with Crippen molar-refractivity contribution >= 4 is 27.2 Å². The molecule has 6 heteroatoms.